The Morgan fingerprint density at radius 1 is 0.953 bits per heavy atom. The Morgan fingerprint density at radius 3 is 2.23 bits per heavy atom. The summed E-state index contributed by atoms with van der Waals surface area (Å²) in [5, 5.41) is 0. The van der Waals surface area contributed by atoms with Crippen molar-refractivity contribution in [1.29, 1.82) is 0 Å². The zero-order valence-corrected chi connectivity index (χ0v) is 27.1. The van der Waals surface area contributed by atoms with Crippen LogP contribution in [0.2, 0.25) is 0 Å². The fraction of sp³-hybridized carbons (Fsp3) is 0.758. The summed E-state index contributed by atoms with van der Waals surface area (Å²) >= 11 is 0. The van der Waals surface area contributed by atoms with Gasteiger partial charge < -0.3 is 28.4 Å². The smallest absolute Gasteiger partial charge is 0.303 e. The Hall–Kier alpha value is -2.72. The van der Waals surface area contributed by atoms with Crippen LogP contribution in [0.1, 0.15) is 93.9 Å². The third-order valence-electron chi connectivity index (χ3n) is 9.98. The molecule has 0 spiro atoms. The molecule has 0 aromatic carbocycles. The first-order valence-corrected chi connectivity index (χ1v) is 15.4. The maximum absolute atomic E-state index is 12.0. The number of rotatable bonds is 11. The Bertz CT molecular complexity index is 1100. The molecule has 10 heteroatoms. The molecule has 1 aliphatic heterocycles. The molecule has 1 heterocycles. The molecule has 2 aliphatic carbocycles. The lowest BCUT2D eigenvalue weighted by Gasteiger charge is -2.58. The van der Waals surface area contributed by atoms with Gasteiger partial charge in [-0.1, -0.05) is 32.4 Å². The molecule has 0 amide bonds. The van der Waals surface area contributed by atoms with E-state index in [9.17, 15) is 19.2 Å². The lowest BCUT2D eigenvalue weighted by atomic mass is 9.47. The number of carbonyl (C=O) groups excluding carboxylic acids is 4. The minimum absolute atomic E-state index is 0.0995. The van der Waals surface area contributed by atoms with E-state index in [1.165, 1.54) is 52.5 Å². The van der Waals surface area contributed by atoms with Crippen molar-refractivity contribution in [1.82, 2.24) is 0 Å². The second kappa shape index (κ2) is 14.8. The van der Waals surface area contributed by atoms with Gasteiger partial charge in [-0.3, -0.25) is 19.2 Å². The predicted molar refractivity (Wildman–Crippen MR) is 157 cm³/mol. The monoisotopic (exact) mass is 606 g/mol. The van der Waals surface area contributed by atoms with Crippen molar-refractivity contribution >= 4 is 23.9 Å². The van der Waals surface area contributed by atoms with Gasteiger partial charge in [-0.25, -0.2) is 0 Å². The molecule has 0 radical (unpaired) electrons. The van der Waals surface area contributed by atoms with E-state index < -0.39 is 42.5 Å². The maximum atomic E-state index is 12.0. The van der Waals surface area contributed by atoms with Gasteiger partial charge in [-0.15, -0.1) is 0 Å². The van der Waals surface area contributed by atoms with E-state index in [1.807, 2.05) is 6.08 Å². The highest BCUT2D eigenvalue weighted by Crippen LogP contribution is 2.61. The average molecular weight is 607 g/mol. The topological polar surface area (TPSA) is 124 Å². The van der Waals surface area contributed by atoms with E-state index >= 15 is 0 Å². The summed E-state index contributed by atoms with van der Waals surface area (Å²) in [5.74, 6) is -1.13. The number of hydrogen-bond donors (Lipinski definition) is 0. The quantitative estimate of drug-likeness (QED) is 0.176. The van der Waals surface area contributed by atoms with Gasteiger partial charge in [-0.2, -0.15) is 0 Å². The van der Waals surface area contributed by atoms with Crippen LogP contribution in [-0.2, 0) is 47.6 Å². The van der Waals surface area contributed by atoms with Crippen LogP contribution < -0.4 is 0 Å². The molecule has 1 saturated heterocycles. The van der Waals surface area contributed by atoms with Crippen molar-refractivity contribution in [3.8, 4) is 0 Å². The van der Waals surface area contributed by atoms with Gasteiger partial charge in [0.25, 0.3) is 0 Å². The molecule has 0 bridgehead atoms. The molecule has 3 aliphatic rings. The summed E-state index contributed by atoms with van der Waals surface area (Å²) in [6, 6.07) is 0. The zero-order valence-electron chi connectivity index (χ0n) is 27.1. The summed E-state index contributed by atoms with van der Waals surface area (Å²) in [5.41, 5.74) is 2.70. The van der Waals surface area contributed by atoms with Crippen molar-refractivity contribution in [3.63, 3.8) is 0 Å². The van der Waals surface area contributed by atoms with Gasteiger partial charge >= 0.3 is 23.9 Å². The molecule has 1 saturated carbocycles. The van der Waals surface area contributed by atoms with E-state index in [4.69, 9.17) is 28.4 Å². The number of hydrogen-bond acceptors (Lipinski definition) is 10. The van der Waals surface area contributed by atoms with E-state index in [1.54, 1.807) is 0 Å². The molecule has 10 nitrogen and oxygen atoms in total. The minimum Gasteiger partial charge on any atom is -0.462 e. The fourth-order valence-electron chi connectivity index (χ4n) is 7.31. The average Bonchev–Trinajstić information content (AvgIpc) is 2.91. The van der Waals surface area contributed by atoms with Crippen LogP contribution in [0, 0.1) is 22.7 Å². The maximum Gasteiger partial charge on any atom is 0.303 e. The lowest BCUT2D eigenvalue weighted by Crippen LogP contribution is -2.58. The first-order chi connectivity index (χ1) is 20.2. The molecule has 43 heavy (non-hydrogen) atoms. The normalized spacial score (nSPS) is 34.3. The molecule has 0 unspecified atom stereocenters. The van der Waals surface area contributed by atoms with E-state index in [0.717, 1.165) is 18.4 Å². The predicted octanol–water partition coefficient (Wildman–Crippen LogP) is 5.22. The van der Waals surface area contributed by atoms with Crippen molar-refractivity contribution in [2.45, 2.75) is 119 Å². The van der Waals surface area contributed by atoms with Crippen molar-refractivity contribution < 1.29 is 47.6 Å². The number of fused-ring (bicyclic) bond motifs is 1. The lowest BCUT2D eigenvalue weighted by molar-refractivity contribution is -0.279. The number of ether oxygens (including phenoxy) is 6. The van der Waals surface area contributed by atoms with Crippen molar-refractivity contribution in [3.05, 3.63) is 23.3 Å². The molecular weight excluding hydrogens is 556 g/mol. The summed E-state index contributed by atoms with van der Waals surface area (Å²) in [7, 11) is 0. The largest absolute Gasteiger partial charge is 0.462 e. The summed E-state index contributed by atoms with van der Waals surface area (Å²) < 4.78 is 33.5. The summed E-state index contributed by atoms with van der Waals surface area (Å²) in [6.07, 6.45) is 6.20. The molecule has 0 N–H and O–H groups in total. The zero-order chi connectivity index (χ0) is 31.9. The first-order valence-electron chi connectivity index (χ1n) is 15.4. The molecule has 0 aromatic rings. The van der Waals surface area contributed by atoms with Crippen LogP contribution in [0.5, 0.6) is 0 Å². The third-order valence-corrected chi connectivity index (χ3v) is 9.98. The summed E-state index contributed by atoms with van der Waals surface area (Å²) in [6.45, 7) is 14.6. The molecule has 0 aromatic heterocycles. The third kappa shape index (κ3) is 8.69. The van der Waals surface area contributed by atoms with E-state index in [2.05, 4.69) is 33.8 Å². The molecule has 242 valence electrons. The summed E-state index contributed by atoms with van der Waals surface area (Å²) in [4.78, 5) is 47.1. The van der Waals surface area contributed by atoms with Crippen LogP contribution in [0.3, 0.4) is 0 Å². The SMILES string of the molecule is CC(=O)OC/C=C(\CC[C@@]1(C)[C@H](C)CC[C@@]2(C)C(C)=CCC[C@H]12)CO[C@H]1OC[C@H](OC(C)=O)[C@@H](OC(C)=O)[C@@H]1OC(C)=O. The number of allylic oxidation sites excluding steroid dienone is 2. The first kappa shape index (κ1) is 34.8. The van der Waals surface area contributed by atoms with Gasteiger partial charge in [-0.05, 0) is 79.8 Å². The fourth-order valence-corrected chi connectivity index (χ4v) is 7.31. The second-order valence-corrected chi connectivity index (χ2v) is 12.9. The second-order valence-electron chi connectivity index (χ2n) is 12.9. The van der Waals surface area contributed by atoms with Crippen LogP contribution in [0.25, 0.3) is 0 Å². The minimum atomic E-state index is -1.16. The molecule has 8 atom stereocenters. The molecule has 2 fully saturated rings. The van der Waals surface area contributed by atoms with Gasteiger partial charge in [0.05, 0.1) is 13.2 Å². The van der Waals surface area contributed by atoms with Gasteiger partial charge in [0.2, 0.25) is 0 Å². The highest BCUT2D eigenvalue weighted by Gasteiger charge is 2.53. The van der Waals surface area contributed by atoms with E-state index in [-0.39, 0.29) is 36.6 Å². The van der Waals surface area contributed by atoms with Crippen LogP contribution in [0.15, 0.2) is 23.3 Å². The van der Waals surface area contributed by atoms with Crippen LogP contribution >= 0.6 is 0 Å². The Balaban J connectivity index is 1.80. The van der Waals surface area contributed by atoms with E-state index in [0.29, 0.717) is 18.3 Å². The Kier molecular flexibility index (Phi) is 12.0. The van der Waals surface area contributed by atoms with Gasteiger partial charge in [0.15, 0.2) is 24.6 Å². The van der Waals surface area contributed by atoms with Crippen LogP contribution in [0.4, 0.5) is 0 Å². The van der Waals surface area contributed by atoms with Crippen molar-refractivity contribution in [2.75, 3.05) is 19.8 Å². The van der Waals surface area contributed by atoms with Gasteiger partial charge in [0.1, 0.15) is 6.61 Å². The van der Waals surface area contributed by atoms with Crippen LogP contribution in [-0.4, -0.2) is 68.3 Å². The number of esters is 4. The molecule has 3 rings (SSSR count). The van der Waals surface area contributed by atoms with Gasteiger partial charge in [0, 0.05) is 27.7 Å². The highest BCUT2D eigenvalue weighted by atomic mass is 16.7. The number of carbonyl (C=O) groups is 4. The van der Waals surface area contributed by atoms with Crippen molar-refractivity contribution in [2.24, 2.45) is 22.7 Å². The highest BCUT2D eigenvalue weighted by molar-refractivity contribution is 5.68. The Morgan fingerprint density at radius 2 is 1.60 bits per heavy atom. The molecular formula is C33H50O10. The Labute approximate surface area is 255 Å². The standard InChI is InChI=1S/C33H50O10/c1-20-10-9-11-28-32(20,7)15-12-21(2)33(28,8)16-13-26(14-17-38-22(3)34)18-39-31-30(43-25(6)37)29(42-24(5)36)27(19-40-31)41-23(4)35/h10,14,21,27-31H,9,11-13,15-19H2,1-8H3/b26-14+/t21-,27+,28+,29-,30+,31+,32+,33+/m1/s1.